The van der Waals surface area contributed by atoms with Crippen LogP contribution >= 0.6 is 50.2 Å². The van der Waals surface area contributed by atoms with Crippen LogP contribution in [0.2, 0.25) is 5.02 Å². The zero-order valence-electron chi connectivity index (χ0n) is 17.2. The average molecular weight is 551 g/mol. The van der Waals surface area contributed by atoms with Crippen LogP contribution in [0.3, 0.4) is 0 Å². The summed E-state index contributed by atoms with van der Waals surface area (Å²) in [4.78, 5) is 6.71. The number of benzene rings is 3. The molecule has 0 aliphatic rings. The fraction of sp³-hybridized carbons (Fsp3) is 0. The highest BCUT2D eigenvalue weighted by atomic mass is 79.9. The number of hydrogen-bond donors (Lipinski definition) is 0. The van der Waals surface area contributed by atoms with E-state index in [1.165, 1.54) is 11.1 Å². The van der Waals surface area contributed by atoms with Gasteiger partial charge in [-0.05, 0) is 69.0 Å². The fourth-order valence-corrected chi connectivity index (χ4v) is 5.69. The van der Waals surface area contributed by atoms with Crippen molar-refractivity contribution in [1.29, 1.82) is 0 Å². The van der Waals surface area contributed by atoms with E-state index >= 15 is 0 Å². The third kappa shape index (κ3) is 5.25. The molecule has 0 spiro atoms. The van der Waals surface area contributed by atoms with Gasteiger partial charge in [0.2, 0.25) is 4.80 Å². The zero-order valence-corrected chi connectivity index (χ0v) is 21.2. The van der Waals surface area contributed by atoms with E-state index in [-0.39, 0.29) is 0 Å². The minimum Gasteiger partial charge on any atom is -0.220 e. The van der Waals surface area contributed by atoms with Crippen LogP contribution in [0.15, 0.2) is 110 Å². The molecule has 0 aliphatic heterocycles. The molecule has 0 unspecified atom stereocenters. The molecule has 5 aromatic rings. The van der Waals surface area contributed by atoms with Gasteiger partial charge in [-0.2, -0.15) is 5.10 Å². The van der Waals surface area contributed by atoms with Crippen molar-refractivity contribution in [1.82, 2.24) is 4.68 Å². The second-order valence-electron chi connectivity index (χ2n) is 7.14. The van der Waals surface area contributed by atoms with Crippen molar-refractivity contribution in [3.05, 3.63) is 116 Å². The molecule has 7 heteroatoms. The Morgan fingerprint density at radius 3 is 2.24 bits per heavy atom. The third-order valence-electron chi connectivity index (χ3n) is 4.90. The quantitative estimate of drug-likeness (QED) is 0.196. The van der Waals surface area contributed by atoms with Gasteiger partial charge in [0.15, 0.2) is 0 Å². The Bertz CT molecular complexity index is 1460. The Kier molecular flexibility index (Phi) is 6.69. The second kappa shape index (κ2) is 10.0. The number of hydrogen-bond acceptors (Lipinski definition) is 4. The molecule has 0 N–H and O–H groups in total. The van der Waals surface area contributed by atoms with Crippen molar-refractivity contribution in [2.24, 2.45) is 10.1 Å². The van der Waals surface area contributed by atoms with Gasteiger partial charge in [0, 0.05) is 10.4 Å². The van der Waals surface area contributed by atoms with E-state index in [4.69, 9.17) is 21.7 Å². The molecule has 5 rings (SSSR count). The van der Waals surface area contributed by atoms with E-state index < -0.39 is 0 Å². The summed E-state index contributed by atoms with van der Waals surface area (Å²) in [5, 5.41) is 7.59. The van der Waals surface area contributed by atoms with Crippen molar-refractivity contribution in [3.8, 4) is 21.7 Å². The number of thiophene rings is 1. The van der Waals surface area contributed by atoms with Crippen LogP contribution in [-0.4, -0.2) is 10.9 Å². The van der Waals surface area contributed by atoms with E-state index in [1.807, 2.05) is 59.4 Å². The highest BCUT2D eigenvalue weighted by molar-refractivity contribution is 9.11. The second-order valence-corrected chi connectivity index (χ2v) is 10.9. The van der Waals surface area contributed by atoms with Crippen LogP contribution in [-0.2, 0) is 0 Å². The smallest absolute Gasteiger partial charge is 0.211 e. The molecular weight excluding hydrogens is 534 g/mol. The Labute approximate surface area is 213 Å². The van der Waals surface area contributed by atoms with Gasteiger partial charge in [-0.25, -0.2) is 9.67 Å². The molecule has 0 aliphatic carbocycles. The molecule has 2 heterocycles. The summed E-state index contributed by atoms with van der Waals surface area (Å²) < 4.78 is 2.97. The maximum atomic E-state index is 6.03. The van der Waals surface area contributed by atoms with Crippen molar-refractivity contribution in [3.63, 3.8) is 0 Å². The first-order valence-electron chi connectivity index (χ1n) is 10.1. The van der Waals surface area contributed by atoms with E-state index in [2.05, 4.69) is 63.8 Å². The van der Waals surface area contributed by atoms with E-state index in [9.17, 15) is 0 Å². The highest BCUT2D eigenvalue weighted by Gasteiger charge is 2.10. The van der Waals surface area contributed by atoms with Gasteiger partial charge >= 0.3 is 0 Å². The molecule has 0 bridgehead atoms. The maximum Gasteiger partial charge on any atom is 0.211 e. The first-order chi connectivity index (χ1) is 16.2. The molecule has 0 saturated carbocycles. The van der Waals surface area contributed by atoms with Gasteiger partial charge in [0.1, 0.15) is 0 Å². The summed E-state index contributed by atoms with van der Waals surface area (Å²) in [7, 11) is 0. The van der Waals surface area contributed by atoms with Gasteiger partial charge in [-0.1, -0.05) is 66.2 Å². The Balaban J connectivity index is 1.52. The van der Waals surface area contributed by atoms with Crippen LogP contribution in [0.1, 0.15) is 5.56 Å². The molecule has 2 aromatic heterocycles. The Hall–Kier alpha value is -2.77. The summed E-state index contributed by atoms with van der Waals surface area (Å²) in [5.41, 5.74) is 5.22. The predicted octanol–water partition coefficient (Wildman–Crippen LogP) is 8.48. The summed E-state index contributed by atoms with van der Waals surface area (Å²) >= 11 is 12.8. The monoisotopic (exact) mass is 549 g/mol. The fourth-order valence-electron chi connectivity index (χ4n) is 3.25. The zero-order chi connectivity index (χ0) is 22.6. The highest BCUT2D eigenvalue weighted by Crippen LogP contribution is 2.31. The van der Waals surface area contributed by atoms with Gasteiger partial charge in [0.05, 0.1) is 26.3 Å². The third-order valence-corrected chi connectivity index (χ3v) is 7.62. The SMILES string of the molecule is Clc1ccc(N=c2scc(-c3ccc(Br)s3)n2/N=C/c2ccc(-c3ccccc3)cc2)cc1. The van der Waals surface area contributed by atoms with E-state index in [1.54, 1.807) is 22.7 Å². The molecule has 0 atom stereocenters. The molecule has 33 heavy (non-hydrogen) atoms. The minimum absolute atomic E-state index is 0.689. The molecule has 162 valence electrons. The van der Waals surface area contributed by atoms with Crippen molar-refractivity contribution in [2.75, 3.05) is 0 Å². The minimum atomic E-state index is 0.689. The number of thiazole rings is 1. The Morgan fingerprint density at radius 1 is 0.818 bits per heavy atom. The standard InChI is InChI=1S/C26H17BrClN3S2/c27-25-15-14-24(33-25)23-17-32-26(30-22-12-10-21(28)11-13-22)31(23)29-16-18-6-8-20(9-7-18)19-4-2-1-3-5-19/h1-17H/b29-16+,30-26?. The van der Waals surface area contributed by atoms with Crippen molar-refractivity contribution < 1.29 is 0 Å². The maximum absolute atomic E-state index is 6.03. The van der Waals surface area contributed by atoms with Gasteiger partial charge in [0.25, 0.3) is 0 Å². The van der Waals surface area contributed by atoms with Gasteiger partial charge in [-0.3, -0.25) is 0 Å². The molecule has 0 radical (unpaired) electrons. The lowest BCUT2D eigenvalue weighted by molar-refractivity contribution is 0.856. The van der Waals surface area contributed by atoms with Crippen LogP contribution in [0, 0.1) is 0 Å². The van der Waals surface area contributed by atoms with Gasteiger partial charge in [-0.15, -0.1) is 22.7 Å². The molecule has 0 saturated heterocycles. The lowest BCUT2D eigenvalue weighted by Gasteiger charge is -2.03. The van der Waals surface area contributed by atoms with E-state index in [0.717, 1.165) is 30.4 Å². The Morgan fingerprint density at radius 2 is 1.55 bits per heavy atom. The summed E-state index contributed by atoms with van der Waals surface area (Å²) in [6.07, 6.45) is 1.87. The van der Waals surface area contributed by atoms with Crippen LogP contribution < -0.4 is 4.80 Å². The number of aromatic nitrogens is 1. The number of nitrogens with zero attached hydrogens (tertiary/aromatic N) is 3. The first-order valence-corrected chi connectivity index (χ1v) is 13.0. The molecule has 0 fully saturated rings. The molecule has 3 aromatic carbocycles. The van der Waals surface area contributed by atoms with Crippen LogP contribution in [0.5, 0.6) is 0 Å². The van der Waals surface area contributed by atoms with E-state index in [0.29, 0.717) is 5.02 Å². The van der Waals surface area contributed by atoms with Crippen LogP contribution in [0.25, 0.3) is 21.7 Å². The molecular formula is C26H17BrClN3S2. The summed E-state index contributed by atoms with van der Waals surface area (Å²) in [6, 6.07) is 30.4. The number of rotatable bonds is 5. The molecule has 3 nitrogen and oxygen atoms in total. The van der Waals surface area contributed by atoms with Crippen molar-refractivity contribution in [2.45, 2.75) is 0 Å². The lowest BCUT2D eigenvalue weighted by Crippen LogP contribution is -2.11. The average Bonchev–Trinajstić information content (AvgIpc) is 3.46. The van der Waals surface area contributed by atoms with Crippen LogP contribution in [0.4, 0.5) is 5.69 Å². The lowest BCUT2D eigenvalue weighted by atomic mass is 10.0. The summed E-state index contributed by atoms with van der Waals surface area (Å²) in [5.74, 6) is 0. The first kappa shape index (κ1) is 22.0. The largest absolute Gasteiger partial charge is 0.220 e. The normalized spacial score (nSPS) is 12.0. The molecule has 0 amide bonds. The topological polar surface area (TPSA) is 29.6 Å². The predicted molar refractivity (Wildman–Crippen MR) is 145 cm³/mol. The number of halogens is 2. The van der Waals surface area contributed by atoms with Crippen molar-refractivity contribution >= 4 is 62.1 Å². The van der Waals surface area contributed by atoms with Gasteiger partial charge < -0.3 is 0 Å². The summed E-state index contributed by atoms with van der Waals surface area (Å²) in [6.45, 7) is 0.